The molecule has 0 unspecified atom stereocenters. The minimum Gasteiger partial charge on any atom is -0.391 e. The van der Waals surface area contributed by atoms with Gasteiger partial charge in [-0.1, -0.05) is 31.0 Å². The van der Waals surface area contributed by atoms with Crippen molar-refractivity contribution in [3.05, 3.63) is 48.0 Å². The molecule has 0 aliphatic heterocycles. The Morgan fingerprint density at radius 1 is 1.12 bits per heavy atom. The Hall–Kier alpha value is -2.27. The molecule has 0 saturated heterocycles. The Bertz CT molecular complexity index is 889. The van der Waals surface area contributed by atoms with Crippen molar-refractivity contribution in [1.82, 2.24) is 9.71 Å². The number of benzene rings is 1. The van der Waals surface area contributed by atoms with Gasteiger partial charge in [0.1, 0.15) is 0 Å². The number of hydrogen-bond donors (Lipinski definition) is 2. The predicted molar refractivity (Wildman–Crippen MR) is 93.0 cm³/mol. The summed E-state index contributed by atoms with van der Waals surface area (Å²) in [5.41, 5.74) is 1.77. The predicted octanol–water partition coefficient (Wildman–Crippen LogP) is 2.20. The van der Waals surface area contributed by atoms with Crippen LogP contribution in [0.5, 0.6) is 0 Å². The molecule has 25 heavy (non-hydrogen) atoms. The summed E-state index contributed by atoms with van der Waals surface area (Å²) in [5, 5.41) is 18.8. The highest BCUT2D eigenvalue weighted by molar-refractivity contribution is 7.89. The van der Waals surface area contributed by atoms with E-state index in [0.717, 1.165) is 18.4 Å². The Labute approximate surface area is 147 Å². The summed E-state index contributed by atoms with van der Waals surface area (Å²) in [4.78, 5) is 4.25. The Kier molecular flexibility index (Phi) is 5.13. The lowest BCUT2D eigenvalue weighted by atomic mass is 9.93. The maximum atomic E-state index is 12.6. The molecule has 1 aromatic heterocycles. The maximum Gasteiger partial charge on any atom is 0.258 e. The number of aromatic nitrogens is 1. The van der Waals surface area contributed by atoms with Gasteiger partial charge in [0.2, 0.25) is 0 Å². The molecule has 1 fully saturated rings. The zero-order valence-electron chi connectivity index (χ0n) is 13.6. The second-order valence-electron chi connectivity index (χ2n) is 6.13. The van der Waals surface area contributed by atoms with Crippen molar-refractivity contribution in [1.29, 1.82) is 5.26 Å². The van der Waals surface area contributed by atoms with Gasteiger partial charge in [0, 0.05) is 11.6 Å². The van der Waals surface area contributed by atoms with Crippen LogP contribution in [0.3, 0.4) is 0 Å². The molecule has 2 N–H and O–H groups in total. The summed E-state index contributed by atoms with van der Waals surface area (Å²) in [5.74, 6) is 0. The molecule has 0 amide bonds. The monoisotopic (exact) mass is 357 g/mol. The summed E-state index contributed by atoms with van der Waals surface area (Å²) < 4.78 is 27.8. The zero-order chi connectivity index (χ0) is 17.9. The highest BCUT2D eigenvalue weighted by atomic mass is 32.2. The first-order chi connectivity index (χ1) is 12.0. The van der Waals surface area contributed by atoms with E-state index in [0.29, 0.717) is 24.1 Å². The van der Waals surface area contributed by atoms with Gasteiger partial charge in [-0.2, -0.15) is 5.26 Å². The second kappa shape index (κ2) is 7.31. The topological polar surface area (TPSA) is 103 Å². The van der Waals surface area contributed by atoms with E-state index in [1.807, 2.05) is 6.07 Å². The first kappa shape index (κ1) is 17.5. The fourth-order valence-corrected chi connectivity index (χ4v) is 4.22. The van der Waals surface area contributed by atoms with Gasteiger partial charge < -0.3 is 5.11 Å². The van der Waals surface area contributed by atoms with Crippen molar-refractivity contribution in [2.45, 2.75) is 42.9 Å². The Morgan fingerprint density at radius 3 is 2.52 bits per heavy atom. The number of nitrogens with one attached hydrogen (secondary N) is 1. The molecule has 1 heterocycles. The van der Waals surface area contributed by atoms with Crippen LogP contribution in [0.2, 0.25) is 0 Å². The Morgan fingerprint density at radius 2 is 1.84 bits per heavy atom. The molecule has 2 atom stereocenters. The van der Waals surface area contributed by atoms with Crippen molar-refractivity contribution < 1.29 is 13.5 Å². The van der Waals surface area contributed by atoms with Crippen LogP contribution in [-0.4, -0.2) is 30.7 Å². The van der Waals surface area contributed by atoms with Gasteiger partial charge in [0.05, 0.1) is 23.4 Å². The number of hydrogen-bond acceptors (Lipinski definition) is 5. The molecule has 1 aromatic carbocycles. The van der Waals surface area contributed by atoms with Crippen molar-refractivity contribution in [2.75, 3.05) is 0 Å². The third-order valence-electron chi connectivity index (χ3n) is 4.34. The van der Waals surface area contributed by atoms with Crippen LogP contribution in [0.1, 0.15) is 31.2 Å². The smallest absolute Gasteiger partial charge is 0.258 e. The van der Waals surface area contributed by atoms with Gasteiger partial charge in [-0.3, -0.25) is 0 Å². The molecule has 6 nitrogen and oxygen atoms in total. The highest BCUT2D eigenvalue weighted by Crippen LogP contribution is 2.22. The maximum absolute atomic E-state index is 12.6. The van der Waals surface area contributed by atoms with Gasteiger partial charge in [-0.05, 0) is 37.1 Å². The van der Waals surface area contributed by atoms with Crippen LogP contribution >= 0.6 is 0 Å². The Balaban J connectivity index is 1.85. The fourth-order valence-electron chi connectivity index (χ4n) is 2.95. The lowest BCUT2D eigenvalue weighted by Crippen LogP contribution is -2.45. The molecule has 1 aliphatic rings. The molecule has 3 rings (SSSR count). The van der Waals surface area contributed by atoms with Crippen LogP contribution in [-0.2, 0) is 10.0 Å². The van der Waals surface area contributed by atoms with E-state index in [9.17, 15) is 13.5 Å². The first-order valence-corrected chi connectivity index (χ1v) is 9.66. The third-order valence-corrected chi connectivity index (χ3v) is 5.74. The van der Waals surface area contributed by atoms with Crippen LogP contribution in [0.25, 0.3) is 11.3 Å². The fraction of sp³-hybridized carbons (Fsp3) is 0.333. The minimum absolute atomic E-state index is 0.0767. The van der Waals surface area contributed by atoms with Crippen molar-refractivity contribution in [2.24, 2.45) is 0 Å². The molecule has 130 valence electrons. The second-order valence-corrected chi connectivity index (χ2v) is 7.79. The van der Waals surface area contributed by atoms with E-state index in [-0.39, 0.29) is 5.03 Å². The van der Waals surface area contributed by atoms with E-state index in [1.54, 1.807) is 36.4 Å². The number of nitrogens with zero attached hydrogens (tertiary/aromatic N) is 2. The molecule has 0 radical (unpaired) electrons. The SMILES string of the molecule is N#Cc1ccc(-c2cccc(S(=O)(=O)N[C@H]3CCCC[C@@H]3O)n2)cc1. The van der Waals surface area contributed by atoms with Crippen LogP contribution in [0.15, 0.2) is 47.5 Å². The molecule has 0 bridgehead atoms. The number of nitriles is 1. The number of aliphatic hydroxyl groups is 1. The summed E-state index contributed by atoms with van der Waals surface area (Å²) >= 11 is 0. The van der Waals surface area contributed by atoms with Crippen LogP contribution < -0.4 is 4.72 Å². The summed E-state index contributed by atoms with van der Waals surface area (Å²) in [6.45, 7) is 0. The molecular weight excluding hydrogens is 338 g/mol. The van der Waals surface area contributed by atoms with E-state index in [1.165, 1.54) is 6.07 Å². The van der Waals surface area contributed by atoms with Gasteiger partial charge in [-0.25, -0.2) is 18.1 Å². The number of sulfonamides is 1. The molecule has 1 aliphatic carbocycles. The molecular formula is C18H19N3O3S. The van der Waals surface area contributed by atoms with Crippen LogP contribution in [0.4, 0.5) is 0 Å². The quantitative estimate of drug-likeness (QED) is 0.873. The average Bonchev–Trinajstić information content (AvgIpc) is 2.64. The van der Waals surface area contributed by atoms with Gasteiger partial charge in [-0.15, -0.1) is 0 Å². The van der Waals surface area contributed by atoms with Crippen molar-refractivity contribution >= 4 is 10.0 Å². The number of pyridine rings is 1. The third kappa shape index (κ3) is 4.04. The summed E-state index contributed by atoms with van der Waals surface area (Å²) in [6, 6.07) is 13.1. The van der Waals surface area contributed by atoms with Gasteiger partial charge in [0.15, 0.2) is 5.03 Å². The van der Waals surface area contributed by atoms with E-state index < -0.39 is 22.2 Å². The number of rotatable bonds is 4. The standard InChI is InChI=1S/C18H19N3O3S/c19-12-13-8-10-14(11-9-13)15-5-3-7-18(20-15)25(23,24)21-16-4-1-2-6-17(16)22/h3,5,7-11,16-17,21-22H,1-2,4,6H2/t16-,17-/m0/s1. The molecule has 2 aromatic rings. The molecule has 1 saturated carbocycles. The van der Waals surface area contributed by atoms with Crippen molar-refractivity contribution in [3.63, 3.8) is 0 Å². The largest absolute Gasteiger partial charge is 0.391 e. The van der Waals surface area contributed by atoms with E-state index in [2.05, 4.69) is 9.71 Å². The zero-order valence-corrected chi connectivity index (χ0v) is 14.4. The van der Waals surface area contributed by atoms with E-state index >= 15 is 0 Å². The van der Waals surface area contributed by atoms with Gasteiger partial charge >= 0.3 is 0 Å². The average molecular weight is 357 g/mol. The minimum atomic E-state index is -3.81. The number of aliphatic hydroxyl groups excluding tert-OH is 1. The van der Waals surface area contributed by atoms with E-state index in [4.69, 9.17) is 5.26 Å². The van der Waals surface area contributed by atoms with Crippen molar-refractivity contribution in [3.8, 4) is 17.3 Å². The molecule has 0 spiro atoms. The first-order valence-electron chi connectivity index (χ1n) is 8.17. The lowest BCUT2D eigenvalue weighted by molar-refractivity contribution is 0.101. The highest BCUT2D eigenvalue weighted by Gasteiger charge is 2.28. The lowest BCUT2D eigenvalue weighted by Gasteiger charge is -2.27. The van der Waals surface area contributed by atoms with Crippen LogP contribution in [0, 0.1) is 11.3 Å². The summed E-state index contributed by atoms with van der Waals surface area (Å²) in [6.07, 6.45) is 2.36. The molecule has 7 heteroatoms. The summed E-state index contributed by atoms with van der Waals surface area (Å²) in [7, 11) is -3.81. The van der Waals surface area contributed by atoms with Gasteiger partial charge in [0.25, 0.3) is 10.0 Å². The normalized spacial score (nSPS) is 20.8.